The molecule has 1 atom stereocenters. The van der Waals surface area contributed by atoms with Crippen molar-refractivity contribution >= 4 is 5.91 Å². The fraction of sp³-hybridized carbons (Fsp3) is 0.917. The van der Waals surface area contributed by atoms with Gasteiger partial charge in [-0.2, -0.15) is 0 Å². The van der Waals surface area contributed by atoms with Gasteiger partial charge in [0.25, 0.3) is 0 Å². The molecule has 0 aromatic rings. The van der Waals surface area contributed by atoms with Crippen LogP contribution >= 0.6 is 0 Å². The van der Waals surface area contributed by atoms with Crippen molar-refractivity contribution in [1.82, 2.24) is 9.80 Å². The maximum atomic E-state index is 12.1. The van der Waals surface area contributed by atoms with Crippen LogP contribution in [0, 0.1) is 0 Å². The van der Waals surface area contributed by atoms with E-state index in [1.807, 2.05) is 4.90 Å². The van der Waals surface area contributed by atoms with Crippen LogP contribution in [0.1, 0.15) is 25.7 Å². The van der Waals surface area contributed by atoms with E-state index in [-0.39, 0.29) is 18.6 Å². The monoisotopic (exact) mass is 241 g/mol. The van der Waals surface area contributed by atoms with Gasteiger partial charge in [0, 0.05) is 25.7 Å². The van der Waals surface area contributed by atoms with E-state index in [4.69, 9.17) is 5.73 Å². The lowest BCUT2D eigenvalue weighted by atomic mass is 10.1. The van der Waals surface area contributed by atoms with E-state index in [1.54, 1.807) is 0 Å². The minimum Gasteiger partial charge on any atom is -0.394 e. The van der Waals surface area contributed by atoms with E-state index in [2.05, 4.69) is 4.90 Å². The molecule has 2 aliphatic rings. The number of hydrogen-bond donors (Lipinski definition) is 2. The molecule has 98 valence electrons. The van der Waals surface area contributed by atoms with E-state index in [1.165, 1.54) is 0 Å². The summed E-state index contributed by atoms with van der Waals surface area (Å²) in [5.41, 5.74) is 5.84. The van der Waals surface area contributed by atoms with Gasteiger partial charge in [-0.05, 0) is 25.7 Å². The quantitative estimate of drug-likeness (QED) is 0.692. The Morgan fingerprint density at radius 1 is 1.24 bits per heavy atom. The number of aliphatic hydroxyl groups excluding tert-OH is 1. The first kappa shape index (κ1) is 12.8. The molecular weight excluding hydrogens is 218 g/mol. The van der Waals surface area contributed by atoms with Crippen LogP contribution in [-0.4, -0.2) is 65.7 Å². The first-order valence-electron chi connectivity index (χ1n) is 6.59. The van der Waals surface area contributed by atoms with Gasteiger partial charge in [-0.1, -0.05) is 0 Å². The summed E-state index contributed by atoms with van der Waals surface area (Å²) in [5, 5.41) is 9.20. The number of aliphatic hydroxyl groups is 1. The fourth-order valence-electron chi connectivity index (χ4n) is 2.75. The molecule has 5 nitrogen and oxygen atoms in total. The number of hydrogen-bond acceptors (Lipinski definition) is 4. The third-order valence-corrected chi connectivity index (χ3v) is 3.90. The molecule has 2 saturated heterocycles. The van der Waals surface area contributed by atoms with Gasteiger partial charge >= 0.3 is 0 Å². The summed E-state index contributed by atoms with van der Waals surface area (Å²) in [6.45, 7) is 3.23. The Balaban J connectivity index is 1.80. The van der Waals surface area contributed by atoms with Crippen LogP contribution < -0.4 is 5.73 Å². The average molecular weight is 241 g/mol. The second-order valence-electron chi connectivity index (χ2n) is 5.18. The lowest BCUT2D eigenvalue weighted by molar-refractivity contribution is -0.134. The third kappa shape index (κ3) is 3.18. The Hall–Kier alpha value is -0.650. The average Bonchev–Trinajstić information content (AvgIpc) is 2.80. The van der Waals surface area contributed by atoms with E-state index >= 15 is 0 Å². The highest BCUT2D eigenvalue weighted by molar-refractivity contribution is 5.78. The van der Waals surface area contributed by atoms with Crippen molar-refractivity contribution in [1.29, 1.82) is 0 Å². The molecule has 1 amide bonds. The molecule has 0 aromatic heterocycles. The van der Waals surface area contributed by atoms with Gasteiger partial charge in [0.1, 0.15) is 0 Å². The van der Waals surface area contributed by atoms with E-state index < -0.39 is 0 Å². The Kier molecular flexibility index (Phi) is 4.36. The molecular formula is C12H23N3O2. The minimum atomic E-state index is 0.0505. The molecule has 0 aliphatic carbocycles. The Morgan fingerprint density at radius 2 is 1.94 bits per heavy atom. The maximum absolute atomic E-state index is 12.1. The number of nitrogens with zero attached hydrogens (tertiary/aromatic N) is 2. The molecule has 2 aliphatic heterocycles. The first-order chi connectivity index (χ1) is 8.20. The van der Waals surface area contributed by atoms with Gasteiger partial charge in [0.15, 0.2) is 0 Å². The lowest BCUT2D eigenvalue weighted by Gasteiger charge is -2.32. The SMILES string of the molecule is NC1CCN(CC(=O)N2CCCC2CO)CC1. The number of nitrogens with two attached hydrogens (primary N) is 1. The zero-order valence-corrected chi connectivity index (χ0v) is 10.3. The number of amides is 1. The van der Waals surface area contributed by atoms with E-state index in [0.717, 1.165) is 45.3 Å². The predicted molar refractivity (Wildman–Crippen MR) is 65.5 cm³/mol. The third-order valence-electron chi connectivity index (χ3n) is 3.90. The van der Waals surface area contributed by atoms with Gasteiger partial charge in [-0.3, -0.25) is 9.69 Å². The van der Waals surface area contributed by atoms with E-state index in [9.17, 15) is 9.90 Å². The van der Waals surface area contributed by atoms with Gasteiger partial charge in [0.05, 0.1) is 19.2 Å². The van der Waals surface area contributed by atoms with Crippen molar-refractivity contribution in [2.24, 2.45) is 5.73 Å². The van der Waals surface area contributed by atoms with Crippen LogP contribution in [-0.2, 0) is 4.79 Å². The van der Waals surface area contributed by atoms with Gasteiger partial charge in [-0.25, -0.2) is 0 Å². The molecule has 2 fully saturated rings. The molecule has 0 spiro atoms. The standard InChI is InChI=1S/C12H23N3O2/c13-10-3-6-14(7-4-10)8-12(17)15-5-1-2-11(15)9-16/h10-11,16H,1-9,13H2. The van der Waals surface area contributed by atoms with E-state index in [0.29, 0.717) is 12.6 Å². The number of carbonyl (C=O) groups excluding carboxylic acids is 1. The summed E-state index contributed by atoms with van der Waals surface area (Å²) >= 11 is 0. The number of likely N-dealkylation sites (tertiary alicyclic amines) is 2. The summed E-state index contributed by atoms with van der Waals surface area (Å²) < 4.78 is 0. The zero-order valence-electron chi connectivity index (χ0n) is 10.3. The molecule has 3 N–H and O–H groups in total. The Labute approximate surface area is 103 Å². The van der Waals surface area contributed by atoms with Crippen molar-refractivity contribution in [2.75, 3.05) is 32.8 Å². The highest BCUT2D eigenvalue weighted by atomic mass is 16.3. The highest BCUT2D eigenvalue weighted by Gasteiger charge is 2.29. The zero-order chi connectivity index (χ0) is 12.3. The molecule has 5 heteroatoms. The van der Waals surface area contributed by atoms with Gasteiger partial charge < -0.3 is 15.7 Å². The van der Waals surface area contributed by atoms with Crippen molar-refractivity contribution < 1.29 is 9.90 Å². The molecule has 1 unspecified atom stereocenters. The normalized spacial score (nSPS) is 27.6. The minimum absolute atomic E-state index is 0.0505. The van der Waals surface area contributed by atoms with Crippen LogP contribution in [0.15, 0.2) is 0 Å². The fourth-order valence-corrected chi connectivity index (χ4v) is 2.75. The highest BCUT2D eigenvalue weighted by Crippen LogP contribution is 2.17. The van der Waals surface area contributed by atoms with Gasteiger partial charge in [-0.15, -0.1) is 0 Å². The van der Waals surface area contributed by atoms with Crippen LogP contribution in [0.5, 0.6) is 0 Å². The van der Waals surface area contributed by atoms with Crippen molar-refractivity contribution in [2.45, 2.75) is 37.8 Å². The van der Waals surface area contributed by atoms with Crippen LogP contribution in [0.4, 0.5) is 0 Å². The second kappa shape index (κ2) is 5.80. The van der Waals surface area contributed by atoms with Crippen LogP contribution in [0.3, 0.4) is 0 Å². The Morgan fingerprint density at radius 3 is 2.59 bits per heavy atom. The van der Waals surface area contributed by atoms with Crippen LogP contribution in [0.25, 0.3) is 0 Å². The lowest BCUT2D eigenvalue weighted by Crippen LogP contribution is -2.47. The second-order valence-corrected chi connectivity index (χ2v) is 5.18. The summed E-state index contributed by atoms with van der Waals surface area (Å²) in [7, 11) is 0. The molecule has 2 rings (SSSR count). The topological polar surface area (TPSA) is 69.8 Å². The molecule has 0 aromatic carbocycles. The molecule has 0 saturated carbocycles. The first-order valence-corrected chi connectivity index (χ1v) is 6.59. The summed E-state index contributed by atoms with van der Waals surface area (Å²) in [6.07, 6.45) is 3.92. The number of piperidine rings is 1. The summed E-state index contributed by atoms with van der Waals surface area (Å²) in [4.78, 5) is 16.1. The largest absolute Gasteiger partial charge is 0.394 e. The van der Waals surface area contributed by atoms with Gasteiger partial charge in [0.2, 0.25) is 5.91 Å². The predicted octanol–water partition coefficient (Wildman–Crippen LogP) is -0.607. The molecule has 0 radical (unpaired) electrons. The smallest absolute Gasteiger partial charge is 0.237 e. The maximum Gasteiger partial charge on any atom is 0.237 e. The van der Waals surface area contributed by atoms with Crippen molar-refractivity contribution in [3.8, 4) is 0 Å². The van der Waals surface area contributed by atoms with Crippen molar-refractivity contribution in [3.05, 3.63) is 0 Å². The summed E-state index contributed by atoms with van der Waals surface area (Å²) in [5.74, 6) is 0.164. The Bertz CT molecular complexity index is 264. The molecule has 0 bridgehead atoms. The van der Waals surface area contributed by atoms with Crippen LogP contribution in [0.2, 0.25) is 0 Å². The number of carbonyl (C=O) groups is 1. The molecule has 2 heterocycles. The molecule has 17 heavy (non-hydrogen) atoms. The van der Waals surface area contributed by atoms with Crippen molar-refractivity contribution in [3.63, 3.8) is 0 Å². The summed E-state index contributed by atoms with van der Waals surface area (Å²) in [6, 6.07) is 0.355. The number of rotatable bonds is 3.